The van der Waals surface area contributed by atoms with Crippen molar-refractivity contribution >= 4 is 35.1 Å². The van der Waals surface area contributed by atoms with Gasteiger partial charge in [0.2, 0.25) is 0 Å². The summed E-state index contributed by atoms with van der Waals surface area (Å²) in [6.07, 6.45) is -1.94. The summed E-state index contributed by atoms with van der Waals surface area (Å²) in [5.74, 6) is -2.53. The number of halogens is 1. The Balaban J connectivity index is 2.34. The van der Waals surface area contributed by atoms with Crippen LogP contribution in [0.25, 0.3) is 0 Å². The molecule has 1 aromatic rings. The van der Waals surface area contributed by atoms with E-state index in [9.17, 15) is 14.4 Å². The number of fused-ring (bicyclic) bond motifs is 1. The van der Waals surface area contributed by atoms with Crippen molar-refractivity contribution in [3.63, 3.8) is 0 Å². The highest BCUT2D eigenvalue weighted by atomic mass is 35.5. The first kappa shape index (κ1) is 15.1. The lowest BCUT2D eigenvalue weighted by Gasteiger charge is -2.33. The summed E-state index contributed by atoms with van der Waals surface area (Å²) in [6, 6.07) is 4.55. The van der Waals surface area contributed by atoms with Crippen molar-refractivity contribution < 1.29 is 29.3 Å². The maximum absolute atomic E-state index is 12.2. The summed E-state index contributed by atoms with van der Waals surface area (Å²) < 4.78 is 5.37. The van der Waals surface area contributed by atoms with Gasteiger partial charge in [-0.1, -0.05) is 11.6 Å². The average molecular weight is 314 g/mol. The zero-order valence-electron chi connectivity index (χ0n) is 10.8. The largest absolute Gasteiger partial charge is 0.481 e. The Morgan fingerprint density at radius 1 is 1.29 bits per heavy atom. The first-order chi connectivity index (χ1) is 9.88. The third kappa shape index (κ3) is 3.43. The Hall–Kier alpha value is -2.28. The molecule has 21 heavy (non-hydrogen) atoms. The molecule has 0 fully saturated rings. The summed E-state index contributed by atoms with van der Waals surface area (Å²) in [6.45, 7) is -0.0824. The van der Waals surface area contributed by atoms with Gasteiger partial charge in [-0.15, -0.1) is 0 Å². The topological polar surface area (TPSA) is 104 Å². The molecule has 0 aromatic heterocycles. The Bertz CT molecular complexity index is 602. The van der Waals surface area contributed by atoms with E-state index >= 15 is 0 Å². The van der Waals surface area contributed by atoms with Crippen molar-refractivity contribution in [2.24, 2.45) is 0 Å². The van der Waals surface area contributed by atoms with Crippen LogP contribution >= 0.6 is 11.6 Å². The fourth-order valence-corrected chi connectivity index (χ4v) is 2.19. The standard InChI is InChI=1S/C13H12ClNO6/c14-7-1-2-9-8(5-7)15(4-3-11(16)17)13(20)10(21-9)6-12(18)19/h1-2,5,10H,3-4,6H2,(H,16,17)(H,18,19). The van der Waals surface area contributed by atoms with Crippen molar-refractivity contribution in [3.8, 4) is 5.75 Å². The summed E-state index contributed by atoms with van der Waals surface area (Å²) in [4.78, 5) is 34.9. The zero-order valence-corrected chi connectivity index (χ0v) is 11.5. The van der Waals surface area contributed by atoms with Gasteiger partial charge in [-0.05, 0) is 18.2 Å². The van der Waals surface area contributed by atoms with E-state index in [1.165, 1.54) is 17.0 Å². The van der Waals surface area contributed by atoms with Gasteiger partial charge < -0.3 is 19.8 Å². The fraction of sp³-hybridized carbons (Fsp3) is 0.308. The summed E-state index contributed by atoms with van der Waals surface area (Å²) in [7, 11) is 0. The molecule has 1 atom stereocenters. The van der Waals surface area contributed by atoms with Crippen LogP contribution in [0.5, 0.6) is 5.75 Å². The highest BCUT2D eigenvalue weighted by Gasteiger charge is 2.36. The maximum Gasteiger partial charge on any atom is 0.307 e. The lowest BCUT2D eigenvalue weighted by Crippen LogP contribution is -2.47. The van der Waals surface area contributed by atoms with Crippen LogP contribution in [-0.2, 0) is 14.4 Å². The second-order valence-corrected chi connectivity index (χ2v) is 4.89. The minimum atomic E-state index is -1.18. The van der Waals surface area contributed by atoms with Gasteiger partial charge in [-0.3, -0.25) is 14.4 Å². The van der Waals surface area contributed by atoms with Crippen LogP contribution in [0.2, 0.25) is 5.02 Å². The van der Waals surface area contributed by atoms with E-state index in [4.69, 9.17) is 26.6 Å². The SMILES string of the molecule is O=C(O)CCN1C(=O)C(CC(=O)O)Oc2ccc(Cl)cc21. The van der Waals surface area contributed by atoms with Gasteiger partial charge in [0.15, 0.2) is 6.10 Å². The van der Waals surface area contributed by atoms with Crippen LogP contribution < -0.4 is 9.64 Å². The second-order valence-electron chi connectivity index (χ2n) is 4.45. The van der Waals surface area contributed by atoms with Crippen molar-refractivity contribution in [2.75, 3.05) is 11.4 Å². The first-order valence-electron chi connectivity index (χ1n) is 6.09. The molecular formula is C13H12ClNO6. The molecule has 1 aromatic carbocycles. The predicted octanol–water partition coefficient (Wildman–Crippen LogP) is 1.38. The minimum absolute atomic E-state index is 0.0824. The monoisotopic (exact) mass is 313 g/mol. The Labute approximate surface area is 124 Å². The fourth-order valence-electron chi connectivity index (χ4n) is 2.02. The highest BCUT2D eigenvalue weighted by molar-refractivity contribution is 6.31. The van der Waals surface area contributed by atoms with Gasteiger partial charge in [-0.2, -0.15) is 0 Å². The number of aliphatic carboxylic acids is 2. The van der Waals surface area contributed by atoms with Crippen molar-refractivity contribution in [2.45, 2.75) is 18.9 Å². The number of ether oxygens (including phenoxy) is 1. The molecule has 0 spiro atoms. The lowest BCUT2D eigenvalue weighted by molar-refractivity contribution is -0.143. The quantitative estimate of drug-likeness (QED) is 0.851. The predicted molar refractivity (Wildman–Crippen MR) is 72.7 cm³/mol. The van der Waals surface area contributed by atoms with Gasteiger partial charge >= 0.3 is 11.9 Å². The van der Waals surface area contributed by atoms with Gasteiger partial charge in [0.05, 0.1) is 18.5 Å². The van der Waals surface area contributed by atoms with E-state index in [0.29, 0.717) is 16.5 Å². The van der Waals surface area contributed by atoms with E-state index in [1.54, 1.807) is 6.07 Å². The Morgan fingerprint density at radius 3 is 2.62 bits per heavy atom. The van der Waals surface area contributed by atoms with Crippen molar-refractivity contribution in [3.05, 3.63) is 23.2 Å². The highest BCUT2D eigenvalue weighted by Crippen LogP contribution is 2.36. The molecular weight excluding hydrogens is 302 g/mol. The summed E-state index contributed by atoms with van der Waals surface area (Å²) >= 11 is 5.87. The smallest absolute Gasteiger partial charge is 0.307 e. The Kier molecular flexibility index (Phi) is 4.32. The van der Waals surface area contributed by atoms with E-state index < -0.39 is 30.4 Å². The van der Waals surface area contributed by atoms with Gasteiger partial charge in [-0.25, -0.2) is 0 Å². The summed E-state index contributed by atoms with van der Waals surface area (Å²) in [5.41, 5.74) is 0.343. The van der Waals surface area contributed by atoms with Gasteiger partial charge in [0, 0.05) is 11.6 Å². The number of benzene rings is 1. The van der Waals surface area contributed by atoms with Crippen LogP contribution in [0.1, 0.15) is 12.8 Å². The third-order valence-electron chi connectivity index (χ3n) is 2.93. The zero-order chi connectivity index (χ0) is 15.6. The number of hydrogen-bond donors (Lipinski definition) is 2. The molecule has 1 aliphatic heterocycles. The molecule has 2 rings (SSSR count). The van der Waals surface area contributed by atoms with Crippen molar-refractivity contribution in [1.29, 1.82) is 0 Å². The molecule has 0 saturated heterocycles. The minimum Gasteiger partial charge on any atom is -0.481 e. The molecule has 1 aliphatic rings. The normalized spacial score (nSPS) is 17.1. The molecule has 0 saturated carbocycles. The van der Waals surface area contributed by atoms with Crippen molar-refractivity contribution in [1.82, 2.24) is 0 Å². The molecule has 0 aliphatic carbocycles. The average Bonchev–Trinajstić information content (AvgIpc) is 2.38. The number of hydrogen-bond acceptors (Lipinski definition) is 4. The number of nitrogens with zero attached hydrogens (tertiary/aromatic N) is 1. The van der Waals surface area contributed by atoms with Crippen LogP contribution in [0.15, 0.2) is 18.2 Å². The number of rotatable bonds is 5. The number of carboxylic acid groups (broad SMARTS) is 2. The van der Waals surface area contributed by atoms with Crippen LogP contribution in [0.4, 0.5) is 5.69 Å². The molecule has 112 valence electrons. The van der Waals surface area contributed by atoms with Crippen LogP contribution in [0, 0.1) is 0 Å². The van der Waals surface area contributed by atoms with E-state index in [2.05, 4.69) is 0 Å². The van der Waals surface area contributed by atoms with Crippen LogP contribution in [0.3, 0.4) is 0 Å². The molecule has 1 unspecified atom stereocenters. The number of amides is 1. The maximum atomic E-state index is 12.2. The van der Waals surface area contributed by atoms with Gasteiger partial charge in [0.1, 0.15) is 5.75 Å². The second kappa shape index (κ2) is 6.01. The van der Waals surface area contributed by atoms with E-state index in [0.717, 1.165) is 0 Å². The Morgan fingerprint density at radius 2 is 2.00 bits per heavy atom. The van der Waals surface area contributed by atoms with Gasteiger partial charge in [0.25, 0.3) is 5.91 Å². The third-order valence-corrected chi connectivity index (χ3v) is 3.17. The molecule has 0 bridgehead atoms. The number of carboxylic acids is 2. The number of anilines is 1. The van der Waals surface area contributed by atoms with E-state index in [-0.39, 0.29) is 13.0 Å². The number of carbonyl (C=O) groups excluding carboxylic acids is 1. The number of carbonyl (C=O) groups is 3. The summed E-state index contributed by atoms with van der Waals surface area (Å²) in [5, 5.41) is 17.9. The molecule has 2 N–H and O–H groups in total. The van der Waals surface area contributed by atoms with Crippen LogP contribution in [-0.4, -0.2) is 40.7 Å². The first-order valence-corrected chi connectivity index (χ1v) is 6.47. The molecule has 0 radical (unpaired) electrons. The van der Waals surface area contributed by atoms with E-state index in [1.807, 2.05) is 0 Å². The lowest BCUT2D eigenvalue weighted by atomic mass is 10.1. The molecule has 1 heterocycles. The molecule has 8 heteroatoms. The molecule has 7 nitrogen and oxygen atoms in total. The molecule has 1 amide bonds.